The average molecular weight is 342 g/mol. The molecule has 2 N–H and O–H groups in total. The third-order valence-electron chi connectivity index (χ3n) is 4.17. The second-order valence-corrected chi connectivity index (χ2v) is 6.07. The predicted molar refractivity (Wildman–Crippen MR) is 78.9 cm³/mol. The van der Waals surface area contributed by atoms with E-state index in [1.807, 2.05) is 0 Å². The molecule has 1 aliphatic rings. The summed E-state index contributed by atoms with van der Waals surface area (Å²) in [7, 11) is 3.04. The minimum Gasteiger partial charge on any atom is -0.350 e. The van der Waals surface area contributed by atoms with Gasteiger partial charge in [0.15, 0.2) is 0 Å². The van der Waals surface area contributed by atoms with Gasteiger partial charge in [-0.1, -0.05) is 4.73 Å². The SMILES string of the molecule is CN(C)CC1(C(F)(F)F)c2cc(F)ccc2Nc2c1ccc[n+]2O. The van der Waals surface area contributed by atoms with Crippen molar-refractivity contribution in [3.63, 3.8) is 0 Å². The summed E-state index contributed by atoms with van der Waals surface area (Å²) in [5, 5.41) is 12.7. The van der Waals surface area contributed by atoms with E-state index in [1.54, 1.807) is 0 Å². The number of fused-ring (bicyclic) bond motifs is 2. The van der Waals surface area contributed by atoms with Crippen molar-refractivity contribution in [1.29, 1.82) is 0 Å². The molecule has 1 aromatic carbocycles. The molecule has 0 saturated heterocycles. The lowest BCUT2D eigenvalue weighted by molar-refractivity contribution is -0.893. The molecule has 0 aliphatic carbocycles. The fourth-order valence-corrected chi connectivity index (χ4v) is 3.26. The molecule has 4 nitrogen and oxygen atoms in total. The summed E-state index contributed by atoms with van der Waals surface area (Å²) in [6, 6.07) is 5.84. The number of rotatable bonds is 2. The molecule has 0 saturated carbocycles. The predicted octanol–water partition coefficient (Wildman–Crippen LogP) is 2.82. The molecule has 24 heavy (non-hydrogen) atoms. The number of halogens is 4. The van der Waals surface area contributed by atoms with Crippen molar-refractivity contribution in [3.8, 4) is 0 Å². The van der Waals surface area contributed by atoms with Gasteiger partial charge in [-0.2, -0.15) is 13.2 Å². The van der Waals surface area contributed by atoms with Crippen molar-refractivity contribution >= 4 is 11.5 Å². The van der Waals surface area contributed by atoms with Crippen LogP contribution in [0.5, 0.6) is 0 Å². The topological polar surface area (TPSA) is 39.4 Å². The maximum atomic E-state index is 14.3. The first-order valence-electron chi connectivity index (χ1n) is 7.20. The van der Waals surface area contributed by atoms with Crippen molar-refractivity contribution in [3.05, 3.63) is 53.5 Å². The van der Waals surface area contributed by atoms with E-state index in [1.165, 1.54) is 43.4 Å². The van der Waals surface area contributed by atoms with E-state index in [2.05, 4.69) is 5.32 Å². The second-order valence-electron chi connectivity index (χ2n) is 6.07. The van der Waals surface area contributed by atoms with Gasteiger partial charge in [-0.15, -0.1) is 0 Å². The summed E-state index contributed by atoms with van der Waals surface area (Å²) in [6.45, 7) is -0.425. The van der Waals surface area contributed by atoms with Crippen molar-refractivity contribution in [2.45, 2.75) is 11.6 Å². The van der Waals surface area contributed by atoms with Crippen LogP contribution < -0.4 is 10.0 Å². The van der Waals surface area contributed by atoms with E-state index in [4.69, 9.17) is 0 Å². The van der Waals surface area contributed by atoms with Gasteiger partial charge in [0, 0.05) is 12.1 Å². The van der Waals surface area contributed by atoms with E-state index >= 15 is 0 Å². The first-order chi connectivity index (χ1) is 11.2. The third-order valence-corrected chi connectivity index (χ3v) is 4.17. The number of likely N-dealkylation sites (N-methyl/N-ethyl adjacent to an activating group) is 1. The molecule has 1 unspecified atom stereocenters. The van der Waals surface area contributed by atoms with Crippen LogP contribution in [0, 0.1) is 5.82 Å². The van der Waals surface area contributed by atoms with E-state index in [9.17, 15) is 22.8 Å². The van der Waals surface area contributed by atoms with Gasteiger partial charge in [-0.3, -0.25) is 0 Å². The molecule has 2 aromatic rings. The summed E-state index contributed by atoms with van der Waals surface area (Å²) in [5.74, 6) is -0.838. The molecule has 0 fully saturated rings. The first-order valence-corrected chi connectivity index (χ1v) is 7.20. The Bertz CT molecular complexity index is 787. The largest absolute Gasteiger partial charge is 0.404 e. The van der Waals surface area contributed by atoms with Gasteiger partial charge in [0.05, 0.1) is 5.56 Å². The van der Waals surface area contributed by atoms with E-state index < -0.39 is 24.0 Å². The Morgan fingerprint density at radius 3 is 2.54 bits per heavy atom. The van der Waals surface area contributed by atoms with Crippen molar-refractivity contribution in [2.75, 3.05) is 26.0 Å². The Labute approximate surface area is 135 Å². The molecule has 3 rings (SSSR count). The zero-order valence-electron chi connectivity index (χ0n) is 13.0. The lowest BCUT2D eigenvalue weighted by Gasteiger charge is -2.40. The molecule has 1 atom stereocenters. The van der Waals surface area contributed by atoms with Crippen LogP contribution in [-0.2, 0) is 5.41 Å². The number of hydrogen-bond donors (Lipinski definition) is 2. The molecule has 0 radical (unpaired) electrons. The lowest BCUT2D eigenvalue weighted by Crippen LogP contribution is -2.54. The van der Waals surface area contributed by atoms with Crippen LogP contribution in [-0.4, -0.2) is 36.9 Å². The zero-order chi connectivity index (χ0) is 17.7. The van der Waals surface area contributed by atoms with Gasteiger partial charge < -0.3 is 10.1 Å². The van der Waals surface area contributed by atoms with Crippen molar-refractivity contribution in [2.24, 2.45) is 0 Å². The summed E-state index contributed by atoms with van der Waals surface area (Å²) in [6.07, 6.45) is -3.47. The molecular formula is C16H16F4N3O+. The first kappa shape index (κ1) is 16.5. The van der Waals surface area contributed by atoms with E-state index in [-0.39, 0.29) is 22.6 Å². The van der Waals surface area contributed by atoms with Gasteiger partial charge in [0.1, 0.15) is 23.1 Å². The highest BCUT2D eigenvalue weighted by Gasteiger charge is 2.63. The average Bonchev–Trinajstić information content (AvgIpc) is 2.47. The molecule has 0 bridgehead atoms. The fourth-order valence-electron chi connectivity index (χ4n) is 3.26. The van der Waals surface area contributed by atoms with Crippen LogP contribution in [0.15, 0.2) is 36.5 Å². The number of aromatic nitrogens is 1. The highest BCUT2D eigenvalue weighted by Crippen LogP contribution is 2.53. The van der Waals surface area contributed by atoms with Gasteiger partial charge in [-0.05, 0) is 44.4 Å². The maximum Gasteiger partial charge on any atom is 0.404 e. The monoisotopic (exact) mass is 342 g/mol. The minimum absolute atomic E-state index is 0.0872. The maximum absolute atomic E-state index is 14.3. The van der Waals surface area contributed by atoms with Gasteiger partial charge in [-0.25, -0.2) is 9.71 Å². The van der Waals surface area contributed by atoms with Crippen LogP contribution >= 0.6 is 0 Å². The summed E-state index contributed by atoms with van der Waals surface area (Å²) in [4.78, 5) is 1.39. The molecule has 2 heterocycles. The molecule has 128 valence electrons. The lowest BCUT2D eigenvalue weighted by atomic mass is 9.71. The smallest absolute Gasteiger partial charge is 0.350 e. The van der Waals surface area contributed by atoms with Crippen LogP contribution in [0.2, 0.25) is 0 Å². The standard InChI is InChI=1S/C16H15F4N3O/c1-22(2)9-15(16(18,19)20)11-4-3-7-23(24)14(11)21-13-6-5-10(17)8-12(13)15/h3-8,24H,9H2,1-2H3/p+1. The number of pyridine rings is 1. The zero-order valence-corrected chi connectivity index (χ0v) is 13.0. The van der Waals surface area contributed by atoms with Crippen LogP contribution in [0.3, 0.4) is 0 Å². The highest BCUT2D eigenvalue weighted by atomic mass is 19.4. The van der Waals surface area contributed by atoms with Crippen molar-refractivity contribution in [1.82, 2.24) is 4.90 Å². The van der Waals surface area contributed by atoms with Gasteiger partial charge >= 0.3 is 12.0 Å². The van der Waals surface area contributed by atoms with Crippen LogP contribution in [0.4, 0.5) is 29.1 Å². The van der Waals surface area contributed by atoms with Gasteiger partial charge in [0.25, 0.3) is 0 Å². The quantitative estimate of drug-likeness (QED) is 0.501. The number of benzene rings is 1. The molecule has 1 aromatic heterocycles. The Kier molecular flexibility index (Phi) is 3.67. The molecular weight excluding hydrogens is 326 g/mol. The third kappa shape index (κ3) is 2.29. The Morgan fingerprint density at radius 1 is 1.21 bits per heavy atom. The van der Waals surface area contributed by atoms with Crippen LogP contribution in [0.25, 0.3) is 0 Å². The number of anilines is 2. The minimum atomic E-state index is -4.70. The molecule has 8 heteroatoms. The van der Waals surface area contributed by atoms with E-state index in [0.717, 1.165) is 12.1 Å². The molecule has 1 aliphatic heterocycles. The Balaban J connectivity index is 2.42. The highest BCUT2D eigenvalue weighted by molar-refractivity contribution is 5.72. The summed E-state index contributed by atoms with van der Waals surface area (Å²) >= 11 is 0. The van der Waals surface area contributed by atoms with Crippen LogP contribution in [0.1, 0.15) is 11.1 Å². The number of alkyl halides is 3. The summed E-state index contributed by atoms with van der Waals surface area (Å²) < 4.78 is 57.3. The van der Waals surface area contributed by atoms with Crippen molar-refractivity contribution < 1.29 is 27.5 Å². The Morgan fingerprint density at radius 2 is 1.92 bits per heavy atom. The molecule has 0 amide bonds. The van der Waals surface area contributed by atoms with Gasteiger partial charge in [0.2, 0.25) is 0 Å². The fraction of sp³-hybridized carbons (Fsp3) is 0.312. The number of hydrogen-bond acceptors (Lipinski definition) is 3. The van der Waals surface area contributed by atoms with E-state index in [0.29, 0.717) is 4.73 Å². The molecule has 0 spiro atoms. The Hall–Kier alpha value is -2.35. The second kappa shape index (κ2) is 5.34. The summed E-state index contributed by atoms with van der Waals surface area (Å²) in [5.41, 5.74) is -2.73. The number of nitrogens with one attached hydrogen (secondary N) is 1. The normalized spacial score (nSPS) is 19.6. The number of nitrogens with zero attached hydrogens (tertiary/aromatic N) is 2.